The van der Waals surface area contributed by atoms with E-state index in [1.54, 1.807) is 11.1 Å². The minimum absolute atomic E-state index is 0.514. The fourth-order valence-electron chi connectivity index (χ4n) is 5.47. The van der Waals surface area contributed by atoms with Crippen LogP contribution in [0.5, 0.6) is 5.75 Å². The second kappa shape index (κ2) is 8.14. The van der Waals surface area contributed by atoms with Crippen LogP contribution in [0.25, 0.3) is 9.75 Å². The van der Waals surface area contributed by atoms with Gasteiger partial charge in [0.05, 0.1) is 0 Å². The van der Waals surface area contributed by atoms with Crippen LogP contribution in [0.15, 0.2) is 36.9 Å². The van der Waals surface area contributed by atoms with E-state index in [1.807, 2.05) is 28.7 Å². The van der Waals surface area contributed by atoms with E-state index in [0.717, 1.165) is 5.75 Å². The van der Waals surface area contributed by atoms with Crippen molar-refractivity contribution < 1.29 is 4.74 Å². The second-order valence-corrected chi connectivity index (χ2v) is 16.0. The largest absolute Gasteiger partial charge is 0.489 e. The molecule has 3 aromatic rings. The van der Waals surface area contributed by atoms with E-state index in [2.05, 4.69) is 72.4 Å². The zero-order valence-corrected chi connectivity index (χ0v) is 21.7. The number of hydrogen-bond donors (Lipinski definition) is 0. The lowest BCUT2D eigenvalue weighted by molar-refractivity contribution is 0.363. The van der Waals surface area contributed by atoms with Crippen LogP contribution in [0, 0.1) is 27.7 Å². The van der Waals surface area contributed by atoms with Crippen LogP contribution in [-0.2, 0) is 0 Å². The molecule has 0 saturated carbocycles. The van der Waals surface area contributed by atoms with Crippen LogP contribution in [0.3, 0.4) is 0 Å². The lowest BCUT2D eigenvalue weighted by Gasteiger charge is -2.38. The van der Waals surface area contributed by atoms with Crippen molar-refractivity contribution in [1.29, 1.82) is 0 Å². The molecule has 2 aromatic heterocycles. The highest BCUT2D eigenvalue weighted by Gasteiger charge is 2.49. The van der Waals surface area contributed by atoms with Crippen molar-refractivity contribution in [2.24, 2.45) is 0 Å². The second-order valence-electron chi connectivity index (χ2n) is 8.64. The van der Waals surface area contributed by atoms with E-state index in [4.69, 9.17) is 4.74 Å². The highest BCUT2D eigenvalue weighted by Crippen LogP contribution is 2.56. The minimum atomic E-state index is -1.97. The summed E-state index contributed by atoms with van der Waals surface area (Å²) in [7, 11) is -1.97. The predicted molar refractivity (Wildman–Crippen MR) is 137 cm³/mol. The summed E-state index contributed by atoms with van der Waals surface area (Å²) < 4.78 is 6.35. The SMILES string of the molecule is C=CCOc1c(C)cc(C)cc1[Si](CC)(CC)C1c2cc(C)sc2-c2sc(C)cc21. The van der Waals surface area contributed by atoms with Gasteiger partial charge in [-0.25, -0.2) is 0 Å². The van der Waals surface area contributed by atoms with Crippen molar-refractivity contribution in [3.8, 4) is 15.5 Å². The van der Waals surface area contributed by atoms with Gasteiger partial charge in [0.15, 0.2) is 0 Å². The summed E-state index contributed by atoms with van der Waals surface area (Å²) in [6, 6.07) is 12.1. The summed E-state index contributed by atoms with van der Waals surface area (Å²) >= 11 is 3.96. The summed E-state index contributed by atoms with van der Waals surface area (Å²) in [6.07, 6.45) is 1.86. The Hall–Kier alpha value is -1.62. The quantitative estimate of drug-likeness (QED) is 0.264. The molecule has 1 aliphatic carbocycles. The Morgan fingerprint density at radius 3 is 2.00 bits per heavy atom. The fraction of sp³-hybridized carbons (Fsp3) is 0.385. The van der Waals surface area contributed by atoms with Gasteiger partial charge >= 0.3 is 0 Å². The number of fused-ring (bicyclic) bond motifs is 3. The highest BCUT2D eigenvalue weighted by atomic mass is 32.1. The summed E-state index contributed by atoms with van der Waals surface area (Å²) in [5.74, 6) is 1.12. The number of rotatable bonds is 7. The van der Waals surface area contributed by atoms with Crippen molar-refractivity contribution in [2.75, 3.05) is 6.61 Å². The third-order valence-corrected chi connectivity index (χ3v) is 14.7. The molecule has 4 rings (SSSR count). The van der Waals surface area contributed by atoms with Crippen molar-refractivity contribution in [1.82, 2.24) is 0 Å². The van der Waals surface area contributed by atoms with Crippen molar-refractivity contribution in [3.05, 3.63) is 68.9 Å². The Labute approximate surface area is 190 Å². The zero-order valence-electron chi connectivity index (χ0n) is 19.0. The summed E-state index contributed by atoms with van der Waals surface area (Å²) in [5.41, 5.74) is 6.28. The standard InChI is InChI=1S/C26H32OS2Si/c1-8-11-27-23-17(5)12-16(4)13-22(23)30(9-2,10-3)26-20-14-18(6)28-24(20)25-21(26)15-19(7)29-25/h8,12-15,26H,1,9-11H2,2-7H3. The Balaban J connectivity index is 2.01. The highest BCUT2D eigenvalue weighted by molar-refractivity contribution is 7.23. The summed E-state index contributed by atoms with van der Waals surface area (Å²) in [6.45, 7) is 18.2. The predicted octanol–water partition coefficient (Wildman–Crippen LogP) is 7.66. The maximum absolute atomic E-state index is 6.35. The summed E-state index contributed by atoms with van der Waals surface area (Å²) in [5, 5.41) is 1.50. The maximum Gasteiger partial charge on any atom is 0.121 e. The van der Waals surface area contributed by atoms with Crippen LogP contribution in [-0.4, -0.2) is 14.7 Å². The van der Waals surface area contributed by atoms with Crippen molar-refractivity contribution in [3.63, 3.8) is 0 Å². The molecule has 2 heterocycles. The number of thiophene rings is 2. The molecule has 0 saturated heterocycles. The van der Waals surface area contributed by atoms with Gasteiger partial charge in [0, 0.05) is 25.0 Å². The van der Waals surface area contributed by atoms with Gasteiger partial charge in [-0.2, -0.15) is 0 Å². The average Bonchev–Trinajstić information content (AvgIpc) is 3.33. The molecule has 0 atom stereocenters. The van der Waals surface area contributed by atoms with Crippen molar-refractivity contribution >= 4 is 35.9 Å². The van der Waals surface area contributed by atoms with Gasteiger partial charge in [-0.3, -0.25) is 0 Å². The zero-order chi connectivity index (χ0) is 21.6. The van der Waals surface area contributed by atoms with E-state index < -0.39 is 8.07 Å². The van der Waals surface area contributed by atoms with Crippen LogP contribution >= 0.6 is 22.7 Å². The van der Waals surface area contributed by atoms with Gasteiger partial charge in [-0.05, 0) is 61.7 Å². The molecule has 1 aromatic carbocycles. The monoisotopic (exact) mass is 452 g/mol. The molecule has 0 unspecified atom stereocenters. The van der Waals surface area contributed by atoms with Gasteiger partial charge in [-0.1, -0.05) is 56.3 Å². The fourth-order valence-corrected chi connectivity index (χ4v) is 13.2. The average molecular weight is 453 g/mol. The number of hydrogen-bond acceptors (Lipinski definition) is 3. The third kappa shape index (κ3) is 3.24. The Morgan fingerprint density at radius 2 is 1.50 bits per heavy atom. The molecule has 0 aliphatic heterocycles. The maximum atomic E-state index is 6.35. The van der Waals surface area contributed by atoms with Gasteiger partial charge in [0.25, 0.3) is 0 Å². The molecule has 30 heavy (non-hydrogen) atoms. The van der Waals surface area contributed by atoms with E-state index in [-0.39, 0.29) is 0 Å². The molecular formula is C26H32OS2Si. The molecule has 0 N–H and O–H groups in total. The van der Waals surface area contributed by atoms with Crippen LogP contribution in [0.1, 0.15) is 51.4 Å². The Bertz CT molecular complexity index is 1050. The smallest absolute Gasteiger partial charge is 0.121 e. The first-order chi connectivity index (χ1) is 14.4. The normalized spacial score (nSPS) is 13.4. The number of ether oxygens (including phenoxy) is 1. The molecule has 4 heteroatoms. The molecule has 1 aliphatic rings. The minimum Gasteiger partial charge on any atom is -0.489 e. The van der Waals surface area contributed by atoms with Gasteiger partial charge < -0.3 is 4.74 Å². The molecule has 0 fully saturated rings. The molecule has 158 valence electrons. The van der Waals surface area contributed by atoms with E-state index >= 15 is 0 Å². The van der Waals surface area contributed by atoms with Gasteiger partial charge in [0.1, 0.15) is 20.4 Å². The topological polar surface area (TPSA) is 9.23 Å². The molecule has 0 bridgehead atoms. The number of benzene rings is 1. The number of aryl methyl sites for hydroxylation is 4. The van der Waals surface area contributed by atoms with Crippen molar-refractivity contribution in [2.45, 2.75) is 59.2 Å². The first-order valence-electron chi connectivity index (χ1n) is 10.9. The van der Waals surface area contributed by atoms with Crippen LogP contribution < -0.4 is 9.92 Å². The van der Waals surface area contributed by atoms with Gasteiger partial charge in [0.2, 0.25) is 0 Å². The van der Waals surface area contributed by atoms with Crippen LogP contribution in [0.2, 0.25) is 12.1 Å². The van der Waals surface area contributed by atoms with E-state index in [9.17, 15) is 0 Å². The summed E-state index contributed by atoms with van der Waals surface area (Å²) in [4.78, 5) is 5.92. The molecular weight excluding hydrogens is 421 g/mol. The first kappa shape index (κ1) is 21.6. The van der Waals surface area contributed by atoms with Gasteiger partial charge in [-0.15, -0.1) is 22.7 Å². The molecule has 1 nitrogen and oxygen atoms in total. The lowest BCUT2D eigenvalue weighted by atomic mass is 10.1. The molecule has 0 spiro atoms. The Kier molecular flexibility index (Phi) is 5.86. The van der Waals surface area contributed by atoms with Crippen LogP contribution in [0.4, 0.5) is 0 Å². The molecule has 0 amide bonds. The first-order valence-corrected chi connectivity index (χ1v) is 15.0. The lowest BCUT2D eigenvalue weighted by Crippen LogP contribution is -2.53. The van der Waals surface area contributed by atoms with E-state index in [1.165, 1.54) is 47.9 Å². The Morgan fingerprint density at radius 1 is 0.933 bits per heavy atom. The third-order valence-electron chi connectivity index (χ3n) is 6.71. The molecule has 0 radical (unpaired) electrons. The van der Waals surface area contributed by atoms with E-state index in [0.29, 0.717) is 12.1 Å².